The van der Waals surface area contributed by atoms with E-state index in [1.807, 2.05) is 56.3 Å². The first-order chi connectivity index (χ1) is 15.0. The van der Waals surface area contributed by atoms with Gasteiger partial charge >= 0.3 is 0 Å². The van der Waals surface area contributed by atoms with E-state index in [1.54, 1.807) is 24.3 Å². The lowest BCUT2D eigenvalue weighted by Crippen LogP contribution is -2.34. The van der Waals surface area contributed by atoms with Gasteiger partial charge in [-0.1, -0.05) is 36.4 Å². The molecule has 0 aliphatic heterocycles. The number of hydrogen-bond acceptors (Lipinski definition) is 4. The highest BCUT2D eigenvalue weighted by Gasteiger charge is 2.09. The zero-order valence-corrected chi connectivity index (χ0v) is 18.4. The number of benzene rings is 3. The molecule has 0 bridgehead atoms. The van der Waals surface area contributed by atoms with E-state index in [-0.39, 0.29) is 17.1 Å². The molecule has 3 rings (SSSR count). The van der Waals surface area contributed by atoms with Crippen LogP contribution in [0.25, 0.3) is 0 Å². The van der Waals surface area contributed by atoms with Crippen molar-refractivity contribution >= 4 is 28.9 Å². The first-order valence-corrected chi connectivity index (χ1v) is 10.6. The van der Waals surface area contributed by atoms with Crippen molar-refractivity contribution in [1.82, 2.24) is 5.32 Å². The molecular weight excluding hydrogens is 408 g/mol. The number of anilines is 1. The summed E-state index contributed by atoms with van der Waals surface area (Å²) in [6.45, 7) is 4.50. The van der Waals surface area contributed by atoms with Crippen LogP contribution in [0.15, 0.2) is 78.9 Å². The van der Waals surface area contributed by atoms with E-state index in [1.165, 1.54) is 5.56 Å². The molecule has 0 saturated carbocycles. The van der Waals surface area contributed by atoms with Gasteiger partial charge in [-0.15, -0.1) is 0 Å². The molecule has 0 heterocycles. The van der Waals surface area contributed by atoms with Crippen molar-refractivity contribution in [3.8, 4) is 11.5 Å². The topological polar surface area (TPSA) is 59.6 Å². The molecule has 0 spiro atoms. The lowest BCUT2D eigenvalue weighted by molar-refractivity contribution is 0.0977. The number of thiocarbonyl (C=S) groups is 1. The van der Waals surface area contributed by atoms with Gasteiger partial charge in [-0.05, 0) is 68.0 Å². The number of hydrogen-bond donors (Lipinski definition) is 2. The zero-order valence-electron chi connectivity index (χ0n) is 17.6. The van der Waals surface area contributed by atoms with Gasteiger partial charge in [-0.2, -0.15) is 0 Å². The lowest BCUT2D eigenvalue weighted by Gasteiger charge is -2.13. The van der Waals surface area contributed by atoms with E-state index in [0.29, 0.717) is 12.2 Å². The van der Waals surface area contributed by atoms with Gasteiger partial charge < -0.3 is 14.8 Å². The molecule has 0 aromatic heterocycles. The molecule has 1 amide bonds. The van der Waals surface area contributed by atoms with Gasteiger partial charge in [0.05, 0.1) is 12.7 Å². The molecule has 0 aliphatic carbocycles. The van der Waals surface area contributed by atoms with Crippen molar-refractivity contribution in [3.63, 3.8) is 0 Å². The van der Waals surface area contributed by atoms with E-state index in [4.69, 9.17) is 21.7 Å². The van der Waals surface area contributed by atoms with E-state index in [9.17, 15) is 4.79 Å². The minimum atomic E-state index is -0.289. The van der Waals surface area contributed by atoms with Gasteiger partial charge in [0.15, 0.2) is 5.11 Å². The molecular formula is C25H26N2O3S. The first kappa shape index (κ1) is 22.3. The number of ether oxygens (including phenoxy) is 2. The molecule has 6 heteroatoms. The molecule has 0 unspecified atom stereocenters. The van der Waals surface area contributed by atoms with E-state index in [2.05, 4.69) is 22.8 Å². The third-order valence-corrected chi connectivity index (χ3v) is 4.51. The minimum Gasteiger partial charge on any atom is -0.493 e. The van der Waals surface area contributed by atoms with Gasteiger partial charge in [0.1, 0.15) is 11.5 Å². The van der Waals surface area contributed by atoms with Crippen LogP contribution in [0, 0.1) is 0 Å². The standard InChI is InChI=1S/C25H26N2O3S/c1-18(2)30-23-10-6-9-21(17-23)26-25(31)27-24(28)20-11-13-22(14-12-20)29-16-15-19-7-4-3-5-8-19/h3-14,17-18H,15-16H2,1-2H3,(H2,26,27,28,31). The van der Waals surface area contributed by atoms with Crippen molar-refractivity contribution in [2.75, 3.05) is 11.9 Å². The van der Waals surface area contributed by atoms with E-state index in [0.717, 1.165) is 23.6 Å². The van der Waals surface area contributed by atoms with Crippen LogP contribution in [0.2, 0.25) is 0 Å². The normalized spacial score (nSPS) is 10.4. The smallest absolute Gasteiger partial charge is 0.257 e. The summed E-state index contributed by atoms with van der Waals surface area (Å²) in [6.07, 6.45) is 0.902. The Labute approximate surface area is 188 Å². The average Bonchev–Trinajstić information content (AvgIpc) is 2.74. The molecule has 0 fully saturated rings. The Morgan fingerprint density at radius 1 is 0.935 bits per heavy atom. The summed E-state index contributed by atoms with van der Waals surface area (Å²) in [6, 6.07) is 24.6. The number of amides is 1. The molecule has 160 valence electrons. The fourth-order valence-electron chi connectivity index (χ4n) is 2.89. The molecule has 3 aromatic rings. The Balaban J connectivity index is 1.48. The maximum absolute atomic E-state index is 12.5. The first-order valence-electron chi connectivity index (χ1n) is 10.2. The maximum Gasteiger partial charge on any atom is 0.257 e. The van der Waals surface area contributed by atoms with Crippen LogP contribution in [-0.4, -0.2) is 23.7 Å². The fraction of sp³-hybridized carbons (Fsp3) is 0.200. The number of carbonyl (C=O) groups excluding carboxylic acids is 1. The summed E-state index contributed by atoms with van der Waals surface area (Å²) < 4.78 is 11.4. The van der Waals surface area contributed by atoms with Crippen molar-refractivity contribution in [3.05, 3.63) is 90.0 Å². The molecule has 0 aliphatic rings. The largest absolute Gasteiger partial charge is 0.493 e. The number of carbonyl (C=O) groups is 1. The highest BCUT2D eigenvalue weighted by molar-refractivity contribution is 7.80. The highest BCUT2D eigenvalue weighted by atomic mass is 32.1. The van der Waals surface area contributed by atoms with Crippen LogP contribution in [0.4, 0.5) is 5.69 Å². The van der Waals surface area contributed by atoms with Crippen molar-refractivity contribution in [2.24, 2.45) is 0 Å². The highest BCUT2D eigenvalue weighted by Crippen LogP contribution is 2.18. The van der Waals surface area contributed by atoms with Crippen molar-refractivity contribution < 1.29 is 14.3 Å². The van der Waals surface area contributed by atoms with Crippen LogP contribution >= 0.6 is 12.2 Å². The Hall–Kier alpha value is -3.38. The molecule has 31 heavy (non-hydrogen) atoms. The lowest BCUT2D eigenvalue weighted by atomic mass is 10.2. The van der Waals surface area contributed by atoms with Crippen LogP contribution in [0.3, 0.4) is 0 Å². The molecule has 0 radical (unpaired) electrons. The fourth-order valence-corrected chi connectivity index (χ4v) is 3.10. The molecule has 0 atom stereocenters. The predicted octanol–water partition coefficient (Wildman–Crippen LogP) is 5.22. The Bertz CT molecular complexity index is 1000. The summed E-state index contributed by atoms with van der Waals surface area (Å²) in [5.41, 5.74) is 2.46. The van der Waals surface area contributed by atoms with Gasteiger partial charge in [0.25, 0.3) is 5.91 Å². The van der Waals surface area contributed by atoms with Crippen molar-refractivity contribution in [2.45, 2.75) is 26.4 Å². The summed E-state index contributed by atoms with van der Waals surface area (Å²) in [5, 5.41) is 5.91. The van der Waals surface area contributed by atoms with Gasteiger partial charge in [-0.3, -0.25) is 10.1 Å². The Morgan fingerprint density at radius 3 is 2.39 bits per heavy atom. The molecule has 5 nitrogen and oxygen atoms in total. The molecule has 2 N–H and O–H groups in total. The second-order valence-corrected chi connectivity index (χ2v) is 7.62. The van der Waals surface area contributed by atoms with Gasteiger partial charge in [-0.25, -0.2) is 0 Å². The third kappa shape index (κ3) is 7.42. The summed E-state index contributed by atoms with van der Waals surface area (Å²) in [7, 11) is 0. The van der Waals surface area contributed by atoms with Crippen molar-refractivity contribution in [1.29, 1.82) is 0 Å². The number of nitrogens with one attached hydrogen (secondary N) is 2. The quantitative estimate of drug-likeness (QED) is 0.476. The average molecular weight is 435 g/mol. The van der Waals surface area contributed by atoms with Crippen LogP contribution in [0.5, 0.6) is 11.5 Å². The van der Waals surface area contributed by atoms with E-state index < -0.39 is 0 Å². The maximum atomic E-state index is 12.5. The van der Waals surface area contributed by atoms with Crippen LogP contribution in [0.1, 0.15) is 29.8 Å². The SMILES string of the molecule is CC(C)Oc1cccc(NC(=S)NC(=O)c2ccc(OCCc3ccccc3)cc2)c1. The molecule has 3 aromatic carbocycles. The summed E-state index contributed by atoms with van der Waals surface area (Å²) in [4.78, 5) is 12.5. The van der Waals surface area contributed by atoms with Gasteiger partial charge in [0, 0.05) is 23.7 Å². The Morgan fingerprint density at radius 2 is 1.68 bits per heavy atom. The monoisotopic (exact) mass is 434 g/mol. The summed E-state index contributed by atoms with van der Waals surface area (Å²) >= 11 is 5.26. The predicted molar refractivity (Wildman–Crippen MR) is 128 cm³/mol. The number of rotatable bonds is 8. The Kier molecular flexibility index (Phi) is 8.01. The zero-order chi connectivity index (χ0) is 22.1. The van der Waals surface area contributed by atoms with Crippen LogP contribution < -0.4 is 20.1 Å². The van der Waals surface area contributed by atoms with Gasteiger partial charge in [0.2, 0.25) is 0 Å². The van der Waals surface area contributed by atoms with Crippen LogP contribution in [-0.2, 0) is 6.42 Å². The second-order valence-electron chi connectivity index (χ2n) is 7.21. The summed E-state index contributed by atoms with van der Waals surface area (Å²) in [5.74, 6) is 1.16. The second kappa shape index (κ2) is 11.1. The minimum absolute atomic E-state index is 0.0761. The third-order valence-electron chi connectivity index (χ3n) is 4.31. The van der Waals surface area contributed by atoms with E-state index >= 15 is 0 Å². The molecule has 0 saturated heterocycles.